The molecule has 3 amide bonds. The van der Waals surface area contributed by atoms with Crippen molar-refractivity contribution in [1.29, 1.82) is 0 Å². The fourth-order valence-electron chi connectivity index (χ4n) is 5.45. The first kappa shape index (κ1) is 21.1. The van der Waals surface area contributed by atoms with Crippen molar-refractivity contribution in [2.75, 3.05) is 18.0 Å². The molecule has 1 spiro atoms. The van der Waals surface area contributed by atoms with E-state index in [0.717, 1.165) is 19.0 Å². The molecule has 2 aliphatic heterocycles. The normalized spacial score (nSPS) is 26.9. The van der Waals surface area contributed by atoms with Crippen molar-refractivity contribution in [3.63, 3.8) is 0 Å². The molecule has 0 radical (unpaired) electrons. The van der Waals surface area contributed by atoms with Gasteiger partial charge in [0, 0.05) is 30.9 Å². The summed E-state index contributed by atoms with van der Waals surface area (Å²) in [6.45, 7) is 5.72. The van der Waals surface area contributed by atoms with Crippen LogP contribution in [0.2, 0.25) is 0 Å². The van der Waals surface area contributed by atoms with E-state index in [0.29, 0.717) is 30.0 Å². The number of carbonyl (C=O) groups is 2. The monoisotopic (exact) mass is 440 g/mol. The van der Waals surface area contributed by atoms with E-state index in [1.54, 1.807) is 25.1 Å². The topological polar surface area (TPSA) is 69.9 Å². The predicted molar refractivity (Wildman–Crippen MR) is 116 cm³/mol. The molecule has 2 saturated heterocycles. The quantitative estimate of drug-likeness (QED) is 0.655. The van der Waals surface area contributed by atoms with Crippen LogP contribution < -0.4 is 4.90 Å². The lowest BCUT2D eigenvalue weighted by atomic mass is 9.79. The zero-order valence-corrected chi connectivity index (χ0v) is 18.6. The first-order chi connectivity index (χ1) is 15.4. The van der Waals surface area contributed by atoms with Gasteiger partial charge in [0.1, 0.15) is 22.8 Å². The number of carbonyl (C=O) groups excluding carboxylic acids is 2. The fraction of sp³-hybridized carbons (Fsp3) is 0.542. The number of benzene rings is 1. The largest absolute Gasteiger partial charge is 0.361 e. The number of rotatable bonds is 5. The summed E-state index contributed by atoms with van der Waals surface area (Å²) in [4.78, 5) is 32.6. The number of anilines is 1. The second-order valence-electron chi connectivity index (χ2n) is 9.54. The summed E-state index contributed by atoms with van der Waals surface area (Å²) in [5, 5.41) is 3.96. The van der Waals surface area contributed by atoms with Gasteiger partial charge in [0.05, 0.1) is 6.54 Å². The average molecular weight is 441 g/mol. The van der Waals surface area contributed by atoms with Crippen molar-refractivity contribution in [3.05, 3.63) is 47.6 Å². The third-order valence-corrected chi connectivity index (χ3v) is 7.34. The lowest BCUT2D eigenvalue weighted by molar-refractivity contribution is -0.133. The van der Waals surface area contributed by atoms with Crippen LogP contribution in [0.25, 0.3) is 0 Å². The highest BCUT2D eigenvalue weighted by Gasteiger charge is 2.60. The van der Waals surface area contributed by atoms with Crippen molar-refractivity contribution in [1.82, 2.24) is 15.0 Å². The number of aromatic nitrogens is 1. The van der Waals surface area contributed by atoms with E-state index in [-0.39, 0.29) is 18.5 Å². The third-order valence-electron chi connectivity index (χ3n) is 7.34. The van der Waals surface area contributed by atoms with Crippen molar-refractivity contribution in [2.24, 2.45) is 5.92 Å². The van der Waals surface area contributed by atoms with E-state index in [2.05, 4.69) is 17.0 Å². The summed E-state index contributed by atoms with van der Waals surface area (Å²) < 4.78 is 19.2. The molecule has 1 aromatic carbocycles. The highest BCUT2D eigenvalue weighted by Crippen LogP contribution is 2.43. The van der Waals surface area contributed by atoms with Crippen LogP contribution in [0.5, 0.6) is 0 Å². The van der Waals surface area contributed by atoms with Crippen LogP contribution in [0.1, 0.15) is 50.5 Å². The van der Waals surface area contributed by atoms with E-state index in [4.69, 9.17) is 4.52 Å². The van der Waals surface area contributed by atoms with Gasteiger partial charge in [0.15, 0.2) is 0 Å². The number of amides is 3. The predicted octanol–water partition coefficient (Wildman–Crippen LogP) is 4.11. The Kier molecular flexibility index (Phi) is 5.28. The fourth-order valence-corrected chi connectivity index (χ4v) is 5.45. The molecular formula is C24H29FN4O3. The number of likely N-dealkylation sites (tertiary alicyclic amines) is 1. The molecule has 2 aromatic rings. The van der Waals surface area contributed by atoms with E-state index in [9.17, 15) is 14.0 Å². The molecule has 1 unspecified atom stereocenters. The molecule has 1 saturated carbocycles. The number of nitrogens with zero attached hydrogens (tertiary/aromatic N) is 4. The van der Waals surface area contributed by atoms with E-state index < -0.39 is 17.4 Å². The van der Waals surface area contributed by atoms with Gasteiger partial charge >= 0.3 is 6.03 Å². The van der Waals surface area contributed by atoms with Gasteiger partial charge in [-0.15, -0.1) is 0 Å². The Labute approximate surface area is 187 Å². The van der Waals surface area contributed by atoms with Crippen molar-refractivity contribution in [2.45, 2.75) is 64.1 Å². The highest BCUT2D eigenvalue weighted by molar-refractivity contribution is 6.16. The van der Waals surface area contributed by atoms with Crippen LogP contribution >= 0.6 is 0 Å². The third kappa shape index (κ3) is 3.50. The second-order valence-corrected chi connectivity index (χ2v) is 9.54. The standard InChI is InChI=1S/C24H29FN4O3/c1-16-13-24(9-10-27(16)14-18-5-3-6-18)22(30)28(15-20-11-17(2)32-26-20)23(31)29(24)21-8-4-7-19(25)12-21/h4,7-8,11-12,16,18H,3,5-6,9-10,13-15H2,1-2H3/t16-,24?/m0/s1. The summed E-state index contributed by atoms with van der Waals surface area (Å²) in [7, 11) is 0. The molecule has 0 N–H and O–H groups in total. The maximum atomic E-state index is 14.1. The second kappa shape index (κ2) is 7.99. The van der Waals surface area contributed by atoms with Gasteiger partial charge in [-0.1, -0.05) is 17.6 Å². The molecule has 3 aliphatic rings. The summed E-state index contributed by atoms with van der Waals surface area (Å²) in [5.41, 5.74) is -0.0723. The minimum Gasteiger partial charge on any atom is -0.361 e. The number of urea groups is 1. The Hall–Kier alpha value is -2.74. The molecule has 2 atom stereocenters. The smallest absolute Gasteiger partial charge is 0.332 e. The van der Waals surface area contributed by atoms with E-state index in [1.807, 2.05) is 0 Å². The Bertz CT molecular complexity index is 1040. The van der Waals surface area contributed by atoms with Crippen LogP contribution in [0.3, 0.4) is 0 Å². The molecule has 32 heavy (non-hydrogen) atoms. The zero-order valence-electron chi connectivity index (χ0n) is 18.6. The summed E-state index contributed by atoms with van der Waals surface area (Å²) in [5.74, 6) is 0.689. The summed E-state index contributed by atoms with van der Waals surface area (Å²) in [6, 6.07) is 7.40. The Morgan fingerprint density at radius 1 is 1.25 bits per heavy atom. The van der Waals surface area contributed by atoms with Gasteiger partial charge in [-0.05, 0) is 63.6 Å². The minimum atomic E-state index is -1.01. The number of piperidine rings is 1. The van der Waals surface area contributed by atoms with Crippen LogP contribution in [-0.2, 0) is 11.3 Å². The molecule has 1 aromatic heterocycles. The number of imide groups is 1. The molecule has 1 aliphatic carbocycles. The summed E-state index contributed by atoms with van der Waals surface area (Å²) >= 11 is 0. The van der Waals surface area contributed by atoms with Gasteiger partial charge in [-0.25, -0.2) is 9.18 Å². The molecule has 5 rings (SSSR count). The first-order valence-corrected chi connectivity index (χ1v) is 11.5. The lowest BCUT2D eigenvalue weighted by Crippen LogP contribution is -2.60. The van der Waals surface area contributed by atoms with Crippen LogP contribution in [-0.4, -0.2) is 51.6 Å². The van der Waals surface area contributed by atoms with E-state index >= 15 is 0 Å². The number of hydrogen-bond acceptors (Lipinski definition) is 5. The minimum absolute atomic E-state index is 0.0444. The Balaban J connectivity index is 1.47. The van der Waals surface area contributed by atoms with Crippen molar-refractivity contribution in [3.8, 4) is 0 Å². The SMILES string of the molecule is Cc1cc(CN2C(=O)N(c3cccc(F)c3)C3(CCN(CC4CCC4)[C@@H](C)C3)C2=O)no1. The van der Waals surface area contributed by atoms with Crippen LogP contribution in [0.4, 0.5) is 14.9 Å². The maximum absolute atomic E-state index is 14.1. The van der Waals surface area contributed by atoms with E-state index in [1.165, 1.54) is 41.2 Å². The van der Waals surface area contributed by atoms with Gasteiger partial charge < -0.3 is 9.42 Å². The zero-order chi connectivity index (χ0) is 22.5. The molecule has 3 heterocycles. The lowest BCUT2D eigenvalue weighted by Gasteiger charge is -2.47. The highest BCUT2D eigenvalue weighted by atomic mass is 19.1. The first-order valence-electron chi connectivity index (χ1n) is 11.5. The van der Waals surface area contributed by atoms with Crippen LogP contribution in [0, 0.1) is 18.7 Å². The Morgan fingerprint density at radius 3 is 2.69 bits per heavy atom. The van der Waals surface area contributed by atoms with Gasteiger partial charge in [-0.3, -0.25) is 14.6 Å². The maximum Gasteiger partial charge on any atom is 0.332 e. The van der Waals surface area contributed by atoms with Gasteiger partial charge in [0.2, 0.25) is 0 Å². The number of halogens is 1. The molecule has 3 fully saturated rings. The number of hydrogen-bond donors (Lipinski definition) is 0. The molecule has 0 bridgehead atoms. The molecule has 7 nitrogen and oxygen atoms in total. The molecular weight excluding hydrogens is 411 g/mol. The van der Waals surface area contributed by atoms with Crippen molar-refractivity contribution >= 4 is 17.6 Å². The van der Waals surface area contributed by atoms with Gasteiger partial charge in [0.25, 0.3) is 5.91 Å². The Morgan fingerprint density at radius 2 is 2.06 bits per heavy atom. The molecule has 8 heteroatoms. The van der Waals surface area contributed by atoms with Crippen LogP contribution in [0.15, 0.2) is 34.9 Å². The average Bonchev–Trinajstić information content (AvgIpc) is 3.21. The summed E-state index contributed by atoms with van der Waals surface area (Å²) in [6.07, 6.45) is 4.89. The number of aryl methyl sites for hydroxylation is 1. The van der Waals surface area contributed by atoms with Crippen molar-refractivity contribution < 1.29 is 18.5 Å². The molecule has 170 valence electrons. The van der Waals surface area contributed by atoms with Gasteiger partial charge in [-0.2, -0.15) is 0 Å².